The van der Waals surface area contributed by atoms with Gasteiger partial charge in [-0.15, -0.1) is 11.3 Å². The van der Waals surface area contributed by atoms with E-state index in [2.05, 4.69) is 10.6 Å². The Hall–Kier alpha value is -3.54. The molecule has 2 aromatic heterocycles. The maximum Gasteiger partial charge on any atom is 0.309 e. The van der Waals surface area contributed by atoms with Crippen molar-refractivity contribution in [2.45, 2.75) is 6.04 Å². The first-order valence-corrected chi connectivity index (χ1v) is 11.7. The summed E-state index contributed by atoms with van der Waals surface area (Å²) >= 11 is 6.93. The lowest BCUT2D eigenvalue weighted by Gasteiger charge is -2.17. The fraction of sp³-hybridized carbons (Fsp3) is 0.217. The normalized spacial score (nSPS) is 17.8. The summed E-state index contributed by atoms with van der Waals surface area (Å²) in [6, 6.07) is 11.0. The minimum atomic E-state index is -1.10. The molecule has 35 heavy (non-hydrogen) atoms. The fourth-order valence-electron chi connectivity index (χ4n) is 3.88. The number of nitrogens with one attached hydrogen (secondary N) is 2. The van der Waals surface area contributed by atoms with Crippen LogP contribution >= 0.6 is 22.9 Å². The predicted octanol–water partition coefficient (Wildman–Crippen LogP) is 2.45. The van der Waals surface area contributed by atoms with E-state index >= 15 is 0 Å². The lowest BCUT2D eigenvalue weighted by atomic mass is 10.0. The molecule has 0 saturated carbocycles. The molecule has 12 heteroatoms. The highest BCUT2D eigenvalue weighted by molar-refractivity contribution is 7.18. The van der Waals surface area contributed by atoms with Crippen molar-refractivity contribution in [3.63, 3.8) is 0 Å². The van der Waals surface area contributed by atoms with E-state index in [0.717, 1.165) is 17.4 Å². The smallest absolute Gasteiger partial charge is 0.309 e. The van der Waals surface area contributed by atoms with Crippen molar-refractivity contribution >= 4 is 46.4 Å². The van der Waals surface area contributed by atoms with Gasteiger partial charge in [0.2, 0.25) is 5.91 Å². The zero-order valence-electron chi connectivity index (χ0n) is 18.1. The second kappa shape index (κ2) is 10.4. The molecular formula is C23H20ClFN4O5S. The summed E-state index contributed by atoms with van der Waals surface area (Å²) < 4.78 is 16.3. The number of aromatic nitrogens is 1. The standard InChI is InChI=1S/C23H20ClFN4O5S/c24-19-7-6-18(35-19)22(32)27-17-11-28(10-14(17)23(33)34)12-20(30)26-16-5-4-13(9-15(16)25)29-8-2-1-3-21(29)31/h1-9,14,17H,10-12H2,(H,26,30)(H,27,32)(H,33,34)/t14-,17-/m0/s1. The molecule has 0 bridgehead atoms. The highest BCUT2D eigenvalue weighted by atomic mass is 35.5. The van der Waals surface area contributed by atoms with E-state index in [9.17, 15) is 28.7 Å². The molecule has 1 saturated heterocycles. The van der Waals surface area contributed by atoms with E-state index in [-0.39, 0.29) is 30.9 Å². The molecule has 1 aliphatic heterocycles. The van der Waals surface area contributed by atoms with Gasteiger partial charge in [0.25, 0.3) is 11.5 Å². The molecule has 1 aliphatic rings. The van der Waals surface area contributed by atoms with Gasteiger partial charge in [0.05, 0.1) is 39.1 Å². The van der Waals surface area contributed by atoms with E-state index < -0.39 is 35.6 Å². The van der Waals surface area contributed by atoms with Crippen LogP contribution in [0.15, 0.2) is 59.5 Å². The number of thiophene rings is 1. The summed E-state index contributed by atoms with van der Waals surface area (Å²) in [6.07, 6.45) is 1.50. The highest BCUT2D eigenvalue weighted by Crippen LogP contribution is 2.23. The van der Waals surface area contributed by atoms with Gasteiger partial charge in [-0.3, -0.25) is 28.6 Å². The number of pyridine rings is 1. The van der Waals surface area contributed by atoms with Crippen molar-refractivity contribution in [1.82, 2.24) is 14.8 Å². The second-order valence-electron chi connectivity index (χ2n) is 7.94. The van der Waals surface area contributed by atoms with Crippen molar-refractivity contribution in [3.05, 3.63) is 80.1 Å². The number of anilines is 1. The van der Waals surface area contributed by atoms with E-state index in [1.807, 2.05) is 0 Å². The maximum atomic E-state index is 14.6. The van der Waals surface area contributed by atoms with Crippen LogP contribution in [0.3, 0.4) is 0 Å². The van der Waals surface area contributed by atoms with E-state index in [1.165, 1.54) is 29.0 Å². The summed E-state index contributed by atoms with van der Waals surface area (Å²) in [4.78, 5) is 50.5. The quantitative estimate of drug-likeness (QED) is 0.442. The number of carboxylic acid groups (broad SMARTS) is 1. The third-order valence-electron chi connectivity index (χ3n) is 5.52. The van der Waals surface area contributed by atoms with Crippen LogP contribution in [0.2, 0.25) is 4.34 Å². The first-order valence-electron chi connectivity index (χ1n) is 10.5. The minimum Gasteiger partial charge on any atom is -0.481 e. The van der Waals surface area contributed by atoms with Crippen LogP contribution < -0.4 is 16.2 Å². The number of halogens is 2. The van der Waals surface area contributed by atoms with Gasteiger partial charge in [-0.25, -0.2) is 4.39 Å². The van der Waals surface area contributed by atoms with Crippen LogP contribution in [0.25, 0.3) is 5.69 Å². The zero-order valence-corrected chi connectivity index (χ0v) is 19.7. The number of nitrogens with zero attached hydrogens (tertiary/aromatic N) is 2. The maximum absolute atomic E-state index is 14.6. The molecule has 2 atom stereocenters. The summed E-state index contributed by atoms with van der Waals surface area (Å²) in [7, 11) is 0. The topological polar surface area (TPSA) is 121 Å². The van der Waals surface area contributed by atoms with E-state index in [4.69, 9.17) is 11.6 Å². The number of carbonyl (C=O) groups is 3. The zero-order chi connectivity index (χ0) is 25.1. The van der Waals surface area contributed by atoms with E-state index in [1.54, 1.807) is 29.2 Å². The number of benzene rings is 1. The molecule has 3 aromatic rings. The van der Waals surface area contributed by atoms with Gasteiger partial charge in [0.15, 0.2) is 0 Å². The highest BCUT2D eigenvalue weighted by Gasteiger charge is 2.39. The van der Waals surface area contributed by atoms with Crippen LogP contribution in [-0.2, 0) is 9.59 Å². The molecule has 0 unspecified atom stereocenters. The number of rotatable bonds is 7. The Kier molecular flexibility index (Phi) is 7.29. The van der Waals surface area contributed by atoms with Crippen molar-refractivity contribution in [2.24, 2.45) is 5.92 Å². The summed E-state index contributed by atoms with van der Waals surface area (Å²) in [6.45, 7) is -0.0227. The van der Waals surface area contributed by atoms with E-state index in [0.29, 0.717) is 14.9 Å². The molecule has 3 N–H and O–H groups in total. The Morgan fingerprint density at radius 2 is 1.94 bits per heavy atom. The fourth-order valence-corrected chi connectivity index (χ4v) is 4.82. The van der Waals surface area contributed by atoms with Crippen LogP contribution in [-0.4, -0.2) is 58.0 Å². The second-order valence-corrected chi connectivity index (χ2v) is 9.66. The van der Waals surface area contributed by atoms with Crippen molar-refractivity contribution in [3.8, 4) is 5.69 Å². The average Bonchev–Trinajstić information content (AvgIpc) is 3.41. The molecule has 3 heterocycles. The first kappa shape index (κ1) is 24.6. The lowest BCUT2D eigenvalue weighted by molar-refractivity contribution is -0.141. The number of carbonyl (C=O) groups excluding carboxylic acids is 2. The van der Waals surface area contributed by atoms with Gasteiger partial charge in [0, 0.05) is 31.4 Å². The monoisotopic (exact) mass is 518 g/mol. The SMILES string of the molecule is O=C(CN1C[C@H](NC(=O)c2ccc(Cl)s2)[C@@H](C(=O)O)C1)Nc1ccc(-n2ccccc2=O)cc1F. The summed E-state index contributed by atoms with van der Waals surface area (Å²) in [5.74, 6) is -3.72. The molecule has 1 fully saturated rings. The average molecular weight is 519 g/mol. The van der Waals surface area contributed by atoms with Crippen molar-refractivity contribution < 1.29 is 23.9 Å². The molecule has 182 valence electrons. The molecule has 0 spiro atoms. The predicted molar refractivity (Wildman–Crippen MR) is 129 cm³/mol. The Labute approximate surface area is 207 Å². The summed E-state index contributed by atoms with van der Waals surface area (Å²) in [5.41, 5.74) is -0.0915. The largest absolute Gasteiger partial charge is 0.481 e. The molecule has 2 amide bonds. The molecular weight excluding hydrogens is 499 g/mol. The summed E-state index contributed by atoms with van der Waals surface area (Å²) in [5, 5.41) is 14.7. The number of aliphatic carboxylic acids is 1. The van der Waals surface area contributed by atoms with Gasteiger partial charge >= 0.3 is 5.97 Å². The van der Waals surface area contributed by atoms with Crippen molar-refractivity contribution in [2.75, 3.05) is 25.0 Å². The van der Waals surface area contributed by atoms with Crippen LogP contribution in [0.1, 0.15) is 9.67 Å². The molecule has 0 radical (unpaired) electrons. The molecule has 9 nitrogen and oxygen atoms in total. The third kappa shape index (κ3) is 5.76. The Morgan fingerprint density at radius 3 is 2.60 bits per heavy atom. The molecule has 1 aromatic carbocycles. The number of carboxylic acids is 1. The third-order valence-corrected chi connectivity index (χ3v) is 6.75. The van der Waals surface area contributed by atoms with Gasteiger partial charge in [-0.1, -0.05) is 17.7 Å². The number of likely N-dealkylation sites (tertiary alicyclic amines) is 1. The minimum absolute atomic E-state index is 0.0389. The first-order chi connectivity index (χ1) is 16.7. The van der Waals surface area contributed by atoms with Gasteiger partial charge in [-0.05, 0) is 30.3 Å². The van der Waals surface area contributed by atoms with Gasteiger partial charge in [-0.2, -0.15) is 0 Å². The van der Waals surface area contributed by atoms with Crippen LogP contribution in [0, 0.1) is 11.7 Å². The van der Waals surface area contributed by atoms with Crippen LogP contribution in [0.5, 0.6) is 0 Å². The Balaban J connectivity index is 1.39. The number of amides is 2. The number of hydrogen-bond donors (Lipinski definition) is 3. The Morgan fingerprint density at radius 1 is 1.14 bits per heavy atom. The van der Waals surface area contributed by atoms with Crippen molar-refractivity contribution in [1.29, 1.82) is 0 Å². The molecule has 4 rings (SSSR count). The number of hydrogen-bond acceptors (Lipinski definition) is 6. The van der Waals surface area contributed by atoms with Gasteiger partial charge < -0.3 is 15.7 Å². The van der Waals surface area contributed by atoms with Crippen LogP contribution in [0.4, 0.5) is 10.1 Å². The lowest BCUT2D eigenvalue weighted by Crippen LogP contribution is -2.43. The van der Waals surface area contributed by atoms with Gasteiger partial charge in [0.1, 0.15) is 5.82 Å². The molecule has 0 aliphatic carbocycles. The Bertz CT molecular complexity index is 1340.